The zero-order valence-corrected chi connectivity index (χ0v) is 22.5. The van der Waals surface area contributed by atoms with Crippen LogP contribution in [0.2, 0.25) is 5.02 Å². The van der Waals surface area contributed by atoms with Crippen LogP contribution in [0.15, 0.2) is 83.7 Å². The predicted molar refractivity (Wildman–Crippen MR) is 151 cm³/mol. The van der Waals surface area contributed by atoms with Crippen molar-refractivity contribution in [2.45, 2.75) is 25.8 Å². The van der Waals surface area contributed by atoms with Crippen molar-refractivity contribution in [3.8, 4) is 17.0 Å². The quantitative estimate of drug-likeness (QED) is 0.253. The van der Waals surface area contributed by atoms with Crippen LogP contribution in [0.3, 0.4) is 0 Å². The maximum absolute atomic E-state index is 13.5. The Morgan fingerprint density at radius 2 is 1.70 bits per heavy atom. The number of carboxylic acids is 1. The number of aromatic carboxylic acids is 1. The number of ketones is 1. The summed E-state index contributed by atoms with van der Waals surface area (Å²) in [5, 5.41) is 16.7. The molecule has 2 N–H and O–H groups in total. The summed E-state index contributed by atoms with van der Waals surface area (Å²) in [6, 6.07) is 19.7. The molecule has 40 heavy (non-hydrogen) atoms. The number of amides is 1. The average Bonchev–Trinajstić information content (AvgIpc) is 2.96. The number of hydrogen-bond acceptors (Lipinski definition) is 6. The number of rotatable bonds is 10. The second-order valence-electron chi connectivity index (χ2n) is 8.89. The molecule has 10 heteroatoms. The Balaban J connectivity index is 1.79. The third-order valence-corrected chi connectivity index (χ3v) is 6.51. The zero-order valence-electron chi connectivity index (χ0n) is 21.8. The van der Waals surface area contributed by atoms with Gasteiger partial charge in [-0.25, -0.2) is 9.48 Å². The van der Waals surface area contributed by atoms with Crippen LogP contribution in [0.4, 0.5) is 5.69 Å². The maximum atomic E-state index is 13.5. The highest BCUT2D eigenvalue weighted by atomic mass is 35.5. The highest BCUT2D eigenvalue weighted by molar-refractivity contribution is 6.31. The Bertz CT molecular complexity index is 1620. The number of methoxy groups -OCH3 is 1. The molecule has 0 spiro atoms. The van der Waals surface area contributed by atoms with E-state index in [9.17, 15) is 19.2 Å². The molecule has 1 unspecified atom stereocenters. The van der Waals surface area contributed by atoms with Crippen molar-refractivity contribution in [1.29, 1.82) is 0 Å². The lowest BCUT2D eigenvalue weighted by Crippen LogP contribution is -2.36. The summed E-state index contributed by atoms with van der Waals surface area (Å²) >= 11 is 6.23. The molecule has 0 aliphatic carbocycles. The van der Waals surface area contributed by atoms with E-state index in [0.717, 1.165) is 10.2 Å². The molecule has 0 saturated carbocycles. The zero-order chi connectivity index (χ0) is 28.8. The Labute approximate surface area is 235 Å². The van der Waals surface area contributed by atoms with Crippen LogP contribution in [0, 0.1) is 0 Å². The van der Waals surface area contributed by atoms with Crippen LogP contribution in [0.25, 0.3) is 11.1 Å². The van der Waals surface area contributed by atoms with Crippen LogP contribution in [-0.4, -0.2) is 39.7 Å². The molecule has 3 aromatic carbocycles. The third-order valence-electron chi connectivity index (χ3n) is 6.28. The topological polar surface area (TPSA) is 128 Å². The van der Waals surface area contributed by atoms with E-state index in [4.69, 9.17) is 21.4 Å². The number of aromatic nitrogens is 2. The van der Waals surface area contributed by atoms with Crippen molar-refractivity contribution in [2.75, 3.05) is 12.4 Å². The van der Waals surface area contributed by atoms with Crippen LogP contribution < -0.4 is 15.6 Å². The van der Waals surface area contributed by atoms with E-state index in [1.807, 2.05) is 30.3 Å². The molecule has 0 fully saturated rings. The minimum absolute atomic E-state index is 0.0312. The highest BCUT2D eigenvalue weighted by Gasteiger charge is 2.26. The van der Waals surface area contributed by atoms with Gasteiger partial charge in [0.15, 0.2) is 5.78 Å². The van der Waals surface area contributed by atoms with Gasteiger partial charge in [-0.15, -0.1) is 5.10 Å². The van der Waals surface area contributed by atoms with E-state index >= 15 is 0 Å². The van der Waals surface area contributed by atoms with E-state index in [1.54, 1.807) is 25.1 Å². The summed E-state index contributed by atoms with van der Waals surface area (Å²) in [4.78, 5) is 50.9. The lowest BCUT2D eigenvalue weighted by molar-refractivity contribution is -0.119. The fourth-order valence-corrected chi connectivity index (χ4v) is 4.41. The van der Waals surface area contributed by atoms with Gasteiger partial charge in [-0.05, 0) is 53.6 Å². The van der Waals surface area contributed by atoms with E-state index in [0.29, 0.717) is 21.8 Å². The number of carbonyl (C=O) groups is 3. The monoisotopic (exact) mass is 559 g/mol. The molecule has 0 saturated heterocycles. The van der Waals surface area contributed by atoms with E-state index in [-0.39, 0.29) is 35.6 Å². The highest BCUT2D eigenvalue weighted by Crippen LogP contribution is 2.33. The van der Waals surface area contributed by atoms with Gasteiger partial charge in [0.25, 0.3) is 5.56 Å². The minimum Gasteiger partial charge on any atom is -0.480 e. The second kappa shape index (κ2) is 12.4. The first-order chi connectivity index (χ1) is 19.2. The number of carboxylic acid groups (broad SMARTS) is 1. The van der Waals surface area contributed by atoms with Crippen LogP contribution in [-0.2, 0) is 11.2 Å². The number of hydrogen-bond donors (Lipinski definition) is 2. The van der Waals surface area contributed by atoms with Gasteiger partial charge in [0.1, 0.15) is 6.04 Å². The van der Waals surface area contributed by atoms with Gasteiger partial charge in [-0.2, -0.15) is 0 Å². The second-order valence-corrected chi connectivity index (χ2v) is 9.33. The molecule has 0 bridgehead atoms. The maximum Gasteiger partial charge on any atom is 0.335 e. The molecule has 204 valence electrons. The summed E-state index contributed by atoms with van der Waals surface area (Å²) in [6.07, 6.45) is 0.375. The number of halogens is 1. The predicted octanol–water partition coefficient (Wildman–Crippen LogP) is 5.29. The number of Topliss-reactive ketones (excluding diaryl/α,β-unsaturated/α-hetero) is 1. The fraction of sp³-hybridized carbons (Fsp3) is 0.167. The standard InChI is InChI=1S/C30H26ClN3O6/c1-3-26(35)22-14-11-20(31)16-23(22)24-17-27(36)34(33-29(24)40-2)25(15-18-7-5-4-6-8-18)28(37)32-21-12-9-19(10-13-21)30(38)39/h4-14,16-17,25H,3,15H2,1-2H3,(H,32,37)(H,38,39). The lowest BCUT2D eigenvalue weighted by atomic mass is 9.97. The summed E-state index contributed by atoms with van der Waals surface area (Å²) < 4.78 is 6.57. The molecular weight excluding hydrogens is 534 g/mol. The van der Waals surface area contributed by atoms with E-state index in [1.165, 1.54) is 37.4 Å². The van der Waals surface area contributed by atoms with Gasteiger partial charge < -0.3 is 15.2 Å². The number of benzene rings is 3. The molecular formula is C30H26ClN3O6. The molecule has 1 atom stereocenters. The molecule has 1 aromatic heterocycles. The molecule has 1 heterocycles. The number of carbonyl (C=O) groups excluding carboxylic acids is 2. The molecule has 0 aliphatic heterocycles. The lowest BCUT2D eigenvalue weighted by Gasteiger charge is -2.20. The van der Waals surface area contributed by atoms with Gasteiger partial charge in [0.2, 0.25) is 11.8 Å². The summed E-state index contributed by atoms with van der Waals surface area (Å²) in [5.41, 5.74) is 1.65. The van der Waals surface area contributed by atoms with Crippen molar-refractivity contribution >= 4 is 34.9 Å². The Morgan fingerprint density at radius 1 is 1.00 bits per heavy atom. The van der Waals surface area contributed by atoms with Gasteiger partial charge in [0, 0.05) is 35.2 Å². The molecule has 0 aliphatic rings. The largest absolute Gasteiger partial charge is 0.480 e. The molecule has 1 amide bonds. The van der Waals surface area contributed by atoms with Gasteiger partial charge in [-0.3, -0.25) is 14.4 Å². The van der Waals surface area contributed by atoms with Crippen molar-refractivity contribution in [1.82, 2.24) is 9.78 Å². The Hall–Kier alpha value is -4.76. The molecule has 9 nitrogen and oxygen atoms in total. The van der Waals surface area contributed by atoms with Gasteiger partial charge >= 0.3 is 5.97 Å². The normalized spacial score (nSPS) is 11.5. The first-order valence-corrected chi connectivity index (χ1v) is 12.8. The fourth-order valence-electron chi connectivity index (χ4n) is 4.24. The molecule has 0 radical (unpaired) electrons. The summed E-state index contributed by atoms with van der Waals surface area (Å²) in [6.45, 7) is 1.73. The van der Waals surface area contributed by atoms with Crippen LogP contribution in [0.1, 0.15) is 45.7 Å². The number of nitrogens with zero attached hydrogens (tertiary/aromatic N) is 2. The minimum atomic E-state index is -1.09. The van der Waals surface area contributed by atoms with Crippen molar-refractivity contribution < 1.29 is 24.2 Å². The first kappa shape index (κ1) is 28.3. The molecule has 4 rings (SSSR count). The number of nitrogens with one attached hydrogen (secondary N) is 1. The number of ether oxygens (including phenoxy) is 1. The summed E-state index contributed by atoms with van der Waals surface area (Å²) in [5.74, 6) is -1.75. The van der Waals surface area contributed by atoms with Crippen molar-refractivity contribution in [2.24, 2.45) is 0 Å². The van der Waals surface area contributed by atoms with Crippen molar-refractivity contribution in [3.05, 3.63) is 111 Å². The molecule has 4 aromatic rings. The third kappa shape index (κ3) is 6.27. The van der Waals surface area contributed by atoms with Gasteiger partial charge in [-0.1, -0.05) is 48.9 Å². The van der Waals surface area contributed by atoms with Gasteiger partial charge in [0.05, 0.1) is 18.2 Å². The number of anilines is 1. The Morgan fingerprint density at radius 3 is 2.33 bits per heavy atom. The smallest absolute Gasteiger partial charge is 0.335 e. The van der Waals surface area contributed by atoms with E-state index < -0.39 is 23.5 Å². The first-order valence-electron chi connectivity index (χ1n) is 12.4. The van der Waals surface area contributed by atoms with E-state index in [2.05, 4.69) is 10.4 Å². The summed E-state index contributed by atoms with van der Waals surface area (Å²) in [7, 11) is 1.38. The van der Waals surface area contributed by atoms with Crippen LogP contribution in [0.5, 0.6) is 5.88 Å². The van der Waals surface area contributed by atoms with Crippen LogP contribution >= 0.6 is 11.6 Å². The Kier molecular flexibility index (Phi) is 8.76. The SMILES string of the molecule is CCC(=O)c1ccc(Cl)cc1-c1cc(=O)n(C(Cc2ccccc2)C(=O)Nc2ccc(C(=O)O)cc2)nc1OC. The van der Waals surface area contributed by atoms with Crippen molar-refractivity contribution in [3.63, 3.8) is 0 Å². The average molecular weight is 560 g/mol.